The molecular weight excluding hydrogens is 210 g/mol. The van der Waals surface area contributed by atoms with Gasteiger partial charge in [-0.15, -0.1) is 0 Å². The third-order valence-electron chi connectivity index (χ3n) is 4.71. The van der Waals surface area contributed by atoms with Gasteiger partial charge in [0.15, 0.2) is 0 Å². The van der Waals surface area contributed by atoms with Gasteiger partial charge in [0, 0.05) is 6.04 Å². The molecule has 3 nitrogen and oxygen atoms in total. The first-order chi connectivity index (χ1) is 8.16. The summed E-state index contributed by atoms with van der Waals surface area (Å²) in [4.78, 5) is 4.95. The average Bonchev–Trinajstić information content (AvgIpc) is 2.80. The zero-order chi connectivity index (χ0) is 12.3. The van der Waals surface area contributed by atoms with Crippen molar-refractivity contribution in [2.24, 2.45) is 11.8 Å². The fourth-order valence-corrected chi connectivity index (χ4v) is 3.50. The molecular formula is C14H29N3. The summed E-state index contributed by atoms with van der Waals surface area (Å²) in [6.45, 7) is 5.06. The summed E-state index contributed by atoms with van der Waals surface area (Å²) in [6.07, 6.45) is 5.56. The standard InChI is InChI=1S/C14H29N3/c1-16(2)14(10-12-4-7-15-11-12)13-5-8-17(3)9-6-13/h12-15H,4-11H2,1-3H3. The van der Waals surface area contributed by atoms with Crippen LogP contribution in [0.5, 0.6) is 0 Å². The molecule has 2 unspecified atom stereocenters. The Morgan fingerprint density at radius 1 is 1.24 bits per heavy atom. The molecule has 2 atom stereocenters. The maximum absolute atomic E-state index is 3.50. The van der Waals surface area contributed by atoms with Crippen LogP contribution in [0, 0.1) is 11.8 Å². The summed E-state index contributed by atoms with van der Waals surface area (Å²) in [6, 6.07) is 0.800. The Kier molecular flexibility index (Phi) is 4.83. The van der Waals surface area contributed by atoms with Gasteiger partial charge >= 0.3 is 0 Å². The molecule has 2 rings (SSSR count). The molecule has 0 spiro atoms. The maximum atomic E-state index is 3.50. The molecule has 2 aliphatic rings. The van der Waals surface area contributed by atoms with E-state index >= 15 is 0 Å². The van der Waals surface area contributed by atoms with Crippen LogP contribution in [0.1, 0.15) is 25.7 Å². The minimum absolute atomic E-state index is 0.800. The fourth-order valence-electron chi connectivity index (χ4n) is 3.50. The van der Waals surface area contributed by atoms with E-state index in [9.17, 15) is 0 Å². The molecule has 17 heavy (non-hydrogen) atoms. The Balaban J connectivity index is 1.87. The highest BCUT2D eigenvalue weighted by molar-refractivity contribution is 4.85. The van der Waals surface area contributed by atoms with Crippen LogP contribution in [0.25, 0.3) is 0 Å². The lowest BCUT2D eigenvalue weighted by molar-refractivity contribution is 0.114. The summed E-state index contributed by atoms with van der Waals surface area (Å²) >= 11 is 0. The zero-order valence-corrected chi connectivity index (χ0v) is 11.8. The molecule has 2 saturated heterocycles. The third kappa shape index (κ3) is 3.67. The summed E-state index contributed by atoms with van der Waals surface area (Å²) in [5.74, 6) is 1.84. The van der Waals surface area contributed by atoms with Crippen LogP contribution in [0.2, 0.25) is 0 Å². The predicted molar refractivity (Wildman–Crippen MR) is 73.3 cm³/mol. The largest absolute Gasteiger partial charge is 0.316 e. The van der Waals surface area contributed by atoms with Crippen LogP contribution < -0.4 is 5.32 Å². The lowest BCUT2D eigenvalue weighted by atomic mass is 9.83. The van der Waals surface area contributed by atoms with Gasteiger partial charge in [-0.3, -0.25) is 0 Å². The Morgan fingerprint density at radius 2 is 1.94 bits per heavy atom. The lowest BCUT2D eigenvalue weighted by Gasteiger charge is -2.38. The number of rotatable bonds is 4. The van der Waals surface area contributed by atoms with Crippen LogP contribution in [0.15, 0.2) is 0 Å². The van der Waals surface area contributed by atoms with Gasteiger partial charge in [0.05, 0.1) is 0 Å². The first kappa shape index (κ1) is 13.3. The third-order valence-corrected chi connectivity index (χ3v) is 4.71. The molecule has 0 aromatic carbocycles. The topological polar surface area (TPSA) is 18.5 Å². The van der Waals surface area contributed by atoms with Gasteiger partial charge in [0.25, 0.3) is 0 Å². The quantitative estimate of drug-likeness (QED) is 0.797. The first-order valence-corrected chi connectivity index (χ1v) is 7.22. The van der Waals surface area contributed by atoms with Crippen LogP contribution in [0.3, 0.4) is 0 Å². The Bertz CT molecular complexity index is 216. The van der Waals surface area contributed by atoms with E-state index in [1.54, 1.807) is 0 Å². The molecule has 1 N–H and O–H groups in total. The molecule has 2 fully saturated rings. The molecule has 2 heterocycles. The second kappa shape index (κ2) is 6.17. The van der Waals surface area contributed by atoms with Gasteiger partial charge in [-0.25, -0.2) is 0 Å². The van der Waals surface area contributed by atoms with E-state index in [1.165, 1.54) is 51.9 Å². The van der Waals surface area contributed by atoms with E-state index < -0.39 is 0 Å². The first-order valence-electron chi connectivity index (χ1n) is 7.22. The van der Waals surface area contributed by atoms with E-state index in [-0.39, 0.29) is 0 Å². The van der Waals surface area contributed by atoms with Crippen molar-refractivity contribution >= 4 is 0 Å². The molecule has 2 aliphatic heterocycles. The van der Waals surface area contributed by atoms with E-state index in [1.807, 2.05) is 0 Å². The normalized spacial score (nSPS) is 30.0. The summed E-state index contributed by atoms with van der Waals surface area (Å²) in [5, 5.41) is 3.50. The zero-order valence-electron chi connectivity index (χ0n) is 11.8. The molecule has 0 radical (unpaired) electrons. The smallest absolute Gasteiger partial charge is 0.0121 e. The van der Waals surface area contributed by atoms with Crippen LogP contribution in [0.4, 0.5) is 0 Å². The maximum Gasteiger partial charge on any atom is 0.0121 e. The molecule has 100 valence electrons. The second-order valence-corrected chi connectivity index (χ2v) is 6.27. The van der Waals surface area contributed by atoms with Crippen molar-refractivity contribution < 1.29 is 0 Å². The van der Waals surface area contributed by atoms with Gasteiger partial charge in [0.2, 0.25) is 0 Å². The molecule has 0 saturated carbocycles. The molecule has 0 aromatic rings. The number of nitrogens with zero attached hydrogens (tertiary/aromatic N) is 2. The van der Waals surface area contributed by atoms with Gasteiger partial charge < -0.3 is 15.1 Å². The number of likely N-dealkylation sites (tertiary alicyclic amines) is 1. The van der Waals surface area contributed by atoms with Crippen LogP contribution in [-0.4, -0.2) is 63.2 Å². The van der Waals surface area contributed by atoms with E-state index in [0.717, 1.165) is 17.9 Å². The van der Waals surface area contributed by atoms with Crippen molar-refractivity contribution in [3.05, 3.63) is 0 Å². The van der Waals surface area contributed by atoms with Crippen LogP contribution >= 0.6 is 0 Å². The van der Waals surface area contributed by atoms with Crippen molar-refractivity contribution in [1.82, 2.24) is 15.1 Å². The second-order valence-electron chi connectivity index (χ2n) is 6.27. The van der Waals surface area contributed by atoms with Crippen molar-refractivity contribution in [3.8, 4) is 0 Å². The van der Waals surface area contributed by atoms with Gasteiger partial charge in [-0.1, -0.05) is 0 Å². The molecule has 0 amide bonds. The average molecular weight is 239 g/mol. The van der Waals surface area contributed by atoms with Crippen molar-refractivity contribution in [3.63, 3.8) is 0 Å². The minimum Gasteiger partial charge on any atom is -0.316 e. The Hall–Kier alpha value is -0.120. The monoisotopic (exact) mass is 239 g/mol. The van der Waals surface area contributed by atoms with Crippen molar-refractivity contribution in [2.75, 3.05) is 47.3 Å². The molecule has 0 aliphatic carbocycles. The van der Waals surface area contributed by atoms with E-state index in [0.29, 0.717) is 0 Å². The number of nitrogens with one attached hydrogen (secondary N) is 1. The predicted octanol–water partition coefficient (Wildman–Crippen LogP) is 1.26. The van der Waals surface area contributed by atoms with E-state index in [2.05, 4.69) is 36.3 Å². The van der Waals surface area contributed by atoms with Crippen molar-refractivity contribution in [1.29, 1.82) is 0 Å². The SMILES string of the molecule is CN1CCC(C(CC2CCNC2)N(C)C)CC1. The highest BCUT2D eigenvalue weighted by Crippen LogP contribution is 2.28. The highest BCUT2D eigenvalue weighted by atomic mass is 15.1. The number of hydrogen-bond donors (Lipinski definition) is 1. The van der Waals surface area contributed by atoms with Crippen LogP contribution in [-0.2, 0) is 0 Å². The van der Waals surface area contributed by atoms with Gasteiger partial charge in [-0.2, -0.15) is 0 Å². The number of hydrogen-bond acceptors (Lipinski definition) is 3. The lowest BCUT2D eigenvalue weighted by Crippen LogP contribution is -2.42. The summed E-state index contributed by atoms with van der Waals surface area (Å²) in [5.41, 5.74) is 0. The molecule has 3 heteroatoms. The van der Waals surface area contributed by atoms with E-state index in [4.69, 9.17) is 0 Å². The highest BCUT2D eigenvalue weighted by Gasteiger charge is 2.29. The number of piperidine rings is 1. The Labute approximate surface area is 107 Å². The minimum atomic E-state index is 0.800. The summed E-state index contributed by atoms with van der Waals surface area (Å²) in [7, 11) is 6.79. The molecule has 0 bridgehead atoms. The van der Waals surface area contributed by atoms with Gasteiger partial charge in [0.1, 0.15) is 0 Å². The van der Waals surface area contributed by atoms with Gasteiger partial charge in [-0.05, 0) is 84.8 Å². The summed E-state index contributed by atoms with van der Waals surface area (Å²) < 4.78 is 0. The Morgan fingerprint density at radius 3 is 2.47 bits per heavy atom. The molecule has 0 aromatic heterocycles. The van der Waals surface area contributed by atoms with Crippen molar-refractivity contribution in [2.45, 2.75) is 31.7 Å². The fraction of sp³-hybridized carbons (Fsp3) is 1.00.